The predicted octanol–water partition coefficient (Wildman–Crippen LogP) is 3.22. The fourth-order valence-electron chi connectivity index (χ4n) is 3.13. The number of pyridine rings is 1. The lowest BCUT2D eigenvalue weighted by molar-refractivity contribution is 0.0927. The molecule has 1 aliphatic rings. The van der Waals surface area contributed by atoms with Crippen molar-refractivity contribution in [2.45, 2.75) is 39.2 Å². The summed E-state index contributed by atoms with van der Waals surface area (Å²) < 4.78 is 1.89. The Balaban J connectivity index is 1.60. The first-order chi connectivity index (χ1) is 11.1. The third kappa shape index (κ3) is 2.63. The van der Waals surface area contributed by atoms with Gasteiger partial charge in [0.1, 0.15) is 11.3 Å². The molecule has 23 heavy (non-hydrogen) atoms. The molecule has 3 heterocycles. The molecular formula is C17H18N4OS. The van der Waals surface area contributed by atoms with Gasteiger partial charge in [0.15, 0.2) is 0 Å². The SMILES string of the molecule is Cc1ccc2nc(C(=O)N[C@H]3CCCc4sc(C)nc43)cn2c1. The van der Waals surface area contributed by atoms with Crippen molar-refractivity contribution < 1.29 is 4.79 Å². The Morgan fingerprint density at radius 2 is 2.17 bits per heavy atom. The summed E-state index contributed by atoms with van der Waals surface area (Å²) in [4.78, 5) is 22.9. The Morgan fingerprint density at radius 1 is 1.30 bits per heavy atom. The van der Waals surface area contributed by atoms with Gasteiger partial charge in [-0.15, -0.1) is 11.3 Å². The third-order valence-electron chi connectivity index (χ3n) is 4.20. The number of carbonyl (C=O) groups excluding carboxylic acids is 1. The monoisotopic (exact) mass is 326 g/mol. The minimum absolute atomic E-state index is 0.00254. The van der Waals surface area contributed by atoms with Gasteiger partial charge in [0.2, 0.25) is 0 Å². The first-order valence-corrected chi connectivity index (χ1v) is 8.64. The summed E-state index contributed by atoms with van der Waals surface area (Å²) in [5.74, 6) is -0.130. The maximum absolute atomic E-state index is 12.6. The molecule has 1 amide bonds. The van der Waals surface area contributed by atoms with E-state index in [0.29, 0.717) is 5.69 Å². The molecule has 1 N–H and O–H groups in total. The normalized spacial score (nSPS) is 17.2. The summed E-state index contributed by atoms with van der Waals surface area (Å²) in [6.07, 6.45) is 6.86. The molecule has 0 aliphatic heterocycles. The van der Waals surface area contributed by atoms with E-state index in [1.54, 1.807) is 17.5 Å². The quantitative estimate of drug-likeness (QED) is 0.786. The molecule has 3 aromatic heterocycles. The van der Waals surface area contributed by atoms with Gasteiger partial charge in [0.05, 0.1) is 16.7 Å². The summed E-state index contributed by atoms with van der Waals surface area (Å²) in [6, 6.07) is 3.92. The van der Waals surface area contributed by atoms with E-state index in [9.17, 15) is 4.79 Å². The number of fused-ring (bicyclic) bond motifs is 2. The molecule has 0 aromatic carbocycles. The first kappa shape index (κ1) is 14.4. The van der Waals surface area contributed by atoms with Gasteiger partial charge in [-0.2, -0.15) is 0 Å². The number of aryl methyl sites for hydroxylation is 3. The fraction of sp³-hybridized carbons (Fsp3) is 0.353. The van der Waals surface area contributed by atoms with E-state index in [1.165, 1.54) is 4.88 Å². The number of nitrogens with zero attached hydrogens (tertiary/aromatic N) is 3. The van der Waals surface area contributed by atoms with E-state index >= 15 is 0 Å². The number of imidazole rings is 1. The highest BCUT2D eigenvalue weighted by Crippen LogP contribution is 2.33. The van der Waals surface area contributed by atoms with Crippen LogP contribution in [0.15, 0.2) is 24.5 Å². The Hall–Kier alpha value is -2.21. The first-order valence-electron chi connectivity index (χ1n) is 7.82. The highest BCUT2D eigenvalue weighted by atomic mass is 32.1. The Bertz CT molecular complexity index is 895. The molecule has 0 radical (unpaired) electrons. The van der Waals surface area contributed by atoms with Crippen molar-refractivity contribution in [3.05, 3.63) is 51.4 Å². The molecule has 4 rings (SSSR count). The molecule has 0 bridgehead atoms. The third-order valence-corrected chi connectivity index (χ3v) is 5.24. The minimum atomic E-state index is -0.130. The summed E-state index contributed by atoms with van der Waals surface area (Å²) in [5.41, 5.74) is 3.42. The number of hydrogen-bond donors (Lipinski definition) is 1. The predicted molar refractivity (Wildman–Crippen MR) is 89.9 cm³/mol. The van der Waals surface area contributed by atoms with Crippen molar-refractivity contribution in [1.29, 1.82) is 0 Å². The topological polar surface area (TPSA) is 59.3 Å². The zero-order chi connectivity index (χ0) is 16.0. The number of hydrogen-bond acceptors (Lipinski definition) is 4. The van der Waals surface area contributed by atoms with Crippen LogP contribution in [0.1, 0.15) is 50.5 Å². The van der Waals surface area contributed by atoms with Crippen molar-refractivity contribution in [3.63, 3.8) is 0 Å². The standard InChI is InChI=1S/C17H18N4OS/c1-10-6-7-15-19-13(9-21(15)8-10)17(22)20-12-4-3-5-14-16(12)18-11(2)23-14/h6-9,12H,3-5H2,1-2H3,(H,20,22)/t12-/m0/s1. The van der Waals surface area contributed by atoms with Crippen LogP contribution >= 0.6 is 11.3 Å². The second-order valence-corrected chi connectivity index (χ2v) is 7.35. The van der Waals surface area contributed by atoms with E-state index in [1.807, 2.05) is 36.6 Å². The van der Waals surface area contributed by atoms with Crippen LogP contribution in [-0.2, 0) is 6.42 Å². The van der Waals surface area contributed by atoms with Gasteiger partial charge >= 0.3 is 0 Å². The lowest BCUT2D eigenvalue weighted by atomic mass is 9.97. The number of aromatic nitrogens is 3. The number of rotatable bonds is 2. The van der Waals surface area contributed by atoms with E-state index in [-0.39, 0.29) is 11.9 Å². The van der Waals surface area contributed by atoms with E-state index in [2.05, 4.69) is 15.3 Å². The molecule has 0 unspecified atom stereocenters. The zero-order valence-electron chi connectivity index (χ0n) is 13.2. The molecule has 0 saturated heterocycles. The maximum Gasteiger partial charge on any atom is 0.272 e. The highest BCUT2D eigenvalue weighted by molar-refractivity contribution is 7.11. The lowest BCUT2D eigenvalue weighted by Gasteiger charge is -2.21. The molecule has 6 heteroatoms. The van der Waals surface area contributed by atoms with Crippen molar-refractivity contribution in [1.82, 2.24) is 19.7 Å². The van der Waals surface area contributed by atoms with E-state index in [0.717, 1.165) is 41.2 Å². The average Bonchev–Trinajstić information content (AvgIpc) is 3.09. The van der Waals surface area contributed by atoms with Crippen LogP contribution in [0.25, 0.3) is 5.65 Å². The number of carbonyl (C=O) groups is 1. The molecule has 0 spiro atoms. The van der Waals surface area contributed by atoms with Gasteiger partial charge in [-0.3, -0.25) is 4.79 Å². The van der Waals surface area contributed by atoms with Crippen LogP contribution in [0.4, 0.5) is 0 Å². The molecule has 118 valence electrons. The molecule has 1 atom stereocenters. The van der Waals surface area contributed by atoms with E-state index < -0.39 is 0 Å². The second kappa shape index (κ2) is 5.45. The van der Waals surface area contributed by atoms with Crippen molar-refractivity contribution in [2.75, 3.05) is 0 Å². The van der Waals surface area contributed by atoms with Crippen LogP contribution in [-0.4, -0.2) is 20.3 Å². The summed E-state index contributed by atoms with van der Waals surface area (Å²) in [5, 5.41) is 4.18. The number of thiazole rings is 1. The van der Waals surface area contributed by atoms with Crippen LogP contribution in [0, 0.1) is 13.8 Å². The smallest absolute Gasteiger partial charge is 0.272 e. The van der Waals surface area contributed by atoms with Crippen LogP contribution in [0.3, 0.4) is 0 Å². The van der Waals surface area contributed by atoms with E-state index in [4.69, 9.17) is 0 Å². The average molecular weight is 326 g/mol. The fourth-order valence-corrected chi connectivity index (χ4v) is 4.16. The summed E-state index contributed by atoms with van der Waals surface area (Å²) in [7, 11) is 0. The zero-order valence-corrected chi connectivity index (χ0v) is 14.0. The maximum atomic E-state index is 12.6. The summed E-state index contributed by atoms with van der Waals surface area (Å²) >= 11 is 1.74. The highest BCUT2D eigenvalue weighted by Gasteiger charge is 2.26. The van der Waals surface area contributed by atoms with Gasteiger partial charge in [0.25, 0.3) is 5.91 Å². The molecule has 0 saturated carbocycles. The van der Waals surface area contributed by atoms with Crippen molar-refractivity contribution >= 4 is 22.9 Å². The Morgan fingerprint density at radius 3 is 3.04 bits per heavy atom. The van der Waals surface area contributed by atoms with Gasteiger partial charge < -0.3 is 9.72 Å². The van der Waals surface area contributed by atoms with Crippen molar-refractivity contribution in [3.8, 4) is 0 Å². The van der Waals surface area contributed by atoms with Gasteiger partial charge in [0, 0.05) is 17.3 Å². The lowest BCUT2D eigenvalue weighted by Crippen LogP contribution is -2.31. The van der Waals surface area contributed by atoms with Crippen LogP contribution < -0.4 is 5.32 Å². The second-order valence-electron chi connectivity index (χ2n) is 6.06. The van der Waals surface area contributed by atoms with Crippen molar-refractivity contribution in [2.24, 2.45) is 0 Å². The van der Waals surface area contributed by atoms with Gasteiger partial charge in [-0.05, 0) is 44.7 Å². The largest absolute Gasteiger partial charge is 0.342 e. The number of amides is 1. The van der Waals surface area contributed by atoms with Gasteiger partial charge in [-0.1, -0.05) is 6.07 Å². The van der Waals surface area contributed by atoms with Crippen LogP contribution in [0.2, 0.25) is 0 Å². The molecule has 1 aliphatic carbocycles. The van der Waals surface area contributed by atoms with Gasteiger partial charge in [-0.25, -0.2) is 9.97 Å². The number of nitrogens with one attached hydrogen (secondary N) is 1. The minimum Gasteiger partial charge on any atom is -0.342 e. The molecular weight excluding hydrogens is 308 g/mol. The molecule has 0 fully saturated rings. The van der Waals surface area contributed by atoms with Crippen LogP contribution in [0.5, 0.6) is 0 Å². The molecule has 5 nitrogen and oxygen atoms in total. The Labute approximate surface area is 138 Å². The summed E-state index contributed by atoms with van der Waals surface area (Å²) in [6.45, 7) is 4.04. The molecule has 3 aromatic rings. The Kier molecular flexibility index (Phi) is 3.41.